The molecule has 1 atom stereocenters. The van der Waals surface area contributed by atoms with Gasteiger partial charge in [0.15, 0.2) is 0 Å². The van der Waals surface area contributed by atoms with Crippen LogP contribution in [0.2, 0.25) is 0 Å². The SMILES string of the molecule is O=C1CC(c2cccc3ccc(-c4ccccc4)[n+]([O-])c23)C(=O)N1c1ccccc1. The van der Waals surface area contributed by atoms with E-state index in [2.05, 4.69) is 0 Å². The minimum Gasteiger partial charge on any atom is -0.618 e. The molecule has 1 aliphatic rings. The van der Waals surface area contributed by atoms with Gasteiger partial charge in [-0.1, -0.05) is 48.5 Å². The highest BCUT2D eigenvalue weighted by Gasteiger charge is 2.42. The molecule has 5 nitrogen and oxygen atoms in total. The Hall–Kier alpha value is -3.99. The number of nitrogens with zero attached hydrogens (tertiary/aromatic N) is 2. The molecule has 0 N–H and O–H groups in total. The lowest BCUT2D eigenvalue weighted by atomic mass is 9.94. The summed E-state index contributed by atoms with van der Waals surface area (Å²) in [4.78, 5) is 27.1. The molecular weight excluding hydrogens is 376 g/mol. The molecule has 2 heterocycles. The molecule has 2 amide bonds. The average Bonchev–Trinajstić information content (AvgIpc) is 3.08. The Labute approximate surface area is 173 Å². The van der Waals surface area contributed by atoms with Crippen LogP contribution in [0.25, 0.3) is 22.2 Å². The van der Waals surface area contributed by atoms with Crippen LogP contribution in [0.1, 0.15) is 17.9 Å². The zero-order valence-corrected chi connectivity index (χ0v) is 16.1. The molecule has 146 valence electrons. The molecule has 5 rings (SSSR count). The second-order valence-electron chi connectivity index (χ2n) is 7.32. The largest absolute Gasteiger partial charge is 0.618 e. The van der Waals surface area contributed by atoms with E-state index in [9.17, 15) is 14.8 Å². The zero-order chi connectivity index (χ0) is 20.7. The predicted octanol–water partition coefficient (Wildman–Crippen LogP) is 4.19. The van der Waals surface area contributed by atoms with E-state index in [0.29, 0.717) is 22.5 Å². The van der Waals surface area contributed by atoms with Crippen LogP contribution in [-0.4, -0.2) is 11.8 Å². The van der Waals surface area contributed by atoms with Gasteiger partial charge < -0.3 is 5.21 Å². The van der Waals surface area contributed by atoms with Gasteiger partial charge in [0.05, 0.1) is 11.6 Å². The summed E-state index contributed by atoms with van der Waals surface area (Å²) >= 11 is 0. The fourth-order valence-corrected chi connectivity index (χ4v) is 4.13. The van der Waals surface area contributed by atoms with E-state index in [-0.39, 0.29) is 18.2 Å². The molecule has 0 spiro atoms. The van der Waals surface area contributed by atoms with Crippen LogP contribution in [0.15, 0.2) is 91.0 Å². The van der Waals surface area contributed by atoms with E-state index >= 15 is 0 Å². The number of carbonyl (C=O) groups excluding carboxylic acids is 2. The summed E-state index contributed by atoms with van der Waals surface area (Å²) < 4.78 is 0.878. The van der Waals surface area contributed by atoms with Gasteiger partial charge in [-0.25, -0.2) is 0 Å². The van der Waals surface area contributed by atoms with Gasteiger partial charge in [-0.05, 0) is 36.4 Å². The predicted molar refractivity (Wildman–Crippen MR) is 115 cm³/mol. The summed E-state index contributed by atoms with van der Waals surface area (Å²) in [6, 6.07) is 27.4. The third-order valence-corrected chi connectivity index (χ3v) is 5.55. The molecule has 1 unspecified atom stereocenters. The molecule has 5 heteroatoms. The normalized spacial score (nSPS) is 16.4. The Balaban J connectivity index is 1.65. The number of para-hydroxylation sites is 2. The lowest BCUT2D eigenvalue weighted by Gasteiger charge is -2.16. The smallest absolute Gasteiger partial charge is 0.242 e. The summed E-state index contributed by atoms with van der Waals surface area (Å²) in [6.07, 6.45) is 0.0441. The van der Waals surface area contributed by atoms with Gasteiger partial charge in [0, 0.05) is 29.0 Å². The van der Waals surface area contributed by atoms with Crippen LogP contribution in [0, 0.1) is 5.21 Å². The third-order valence-electron chi connectivity index (χ3n) is 5.55. The van der Waals surface area contributed by atoms with E-state index < -0.39 is 5.92 Å². The van der Waals surface area contributed by atoms with E-state index in [0.717, 1.165) is 15.7 Å². The van der Waals surface area contributed by atoms with Crippen molar-refractivity contribution in [2.45, 2.75) is 12.3 Å². The molecule has 1 saturated heterocycles. The average molecular weight is 394 g/mol. The Kier molecular flexibility index (Phi) is 4.29. The molecule has 1 aliphatic heterocycles. The van der Waals surface area contributed by atoms with Gasteiger partial charge in [0.1, 0.15) is 0 Å². The van der Waals surface area contributed by atoms with Crippen LogP contribution in [0.5, 0.6) is 0 Å². The van der Waals surface area contributed by atoms with Crippen LogP contribution in [0.3, 0.4) is 0 Å². The minimum absolute atomic E-state index is 0.0441. The van der Waals surface area contributed by atoms with Crippen LogP contribution in [0.4, 0.5) is 5.69 Å². The monoisotopic (exact) mass is 394 g/mol. The second-order valence-corrected chi connectivity index (χ2v) is 7.32. The Morgan fingerprint density at radius 2 is 1.50 bits per heavy atom. The number of amides is 2. The first-order valence-corrected chi connectivity index (χ1v) is 9.77. The number of aromatic nitrogens is 1. The second kappa shape index (κ2) is 7.12. The van der Waals surface area contributed by atoms with Gasteiger partial charge in [0.25, 0.3) is 0 Å². The number of hydrogen-bond acceptors (Lipinski definition) is 3. The molecule has 1 fully saturated rings. The van der Waals surface area contributed by atoms with Gasteiger partial charge >= 0.3 is 0 Å². The van der Waals surface area contributed by atoms with E-state index in [1.54, 1.807) is 36.4 Å². The fraction of sp³-hybridized carbons (Fsp3) is 0.0800. The molecule has 0 bridgehead atoms. The van der Waals surface area contributed by atoms with Crippen LogP contribution in [-0.2, 0) is 9.59 Å². The molecule has 3 aromatic carbocycles. The summed E-state index contributed by atoms with van der Waals surface area (Å²) in [5, 5.41) is 14.1. The van der Waals surface area contributed by atoms with Gasteiger partial charge in [0.2, 0.25) is 23.0 Å². The van der Waals surface area contributed by atoms with Crippen molar-refractivity contribution >= 4 is 28.4 Å². The highest BCUT2D eigenvalue weighted by molar-refractivity contribution is 6.23. The zero-order valence-electron chi connectivity index (χ0n) is 16.1. The van der Waals surface area contributed by atoms with Crippen molar-refractivity contribution < 1.29 is 14.3 Å². The summed E-state index contributed by atoms with van der Waals surface area (Å²) in [7, 11) is 0. The van der Waals surface area contributed by atoms with Crippen molar-refractivity contribution in [3.05, 3.63) is 102 Å². The Bertz CT molecular complexity index is 1270. The topological polar surface area (TPSA) is 64.3 Å². The first-order chi connectivity index (χ1) is 14.6. The maximum absolute atomic E-state index is 13.4. The molecular formula is C25H18N2O3. The molecule has 0 radical (unpaired) electrons. The van der Waals surface area contributed by atoms with E-state index in [1.165, 1.54) is 4.90 Å². The van der Waals surface area contributed by atoms with Crippen LogP contribution >= 0.6 is 0 Å². The molecule has 1 aromatic heterocycles. The summed E-state index contributed by atoms with van der Waals surface area (Å²) in [5.74, 6) is -1.25. The van der Waals surface area contributed by atoms with Gasteiger partial charge in [-0.2, -0.15) is 4.73 Å². The molecule has 30 heavy (non-hydrogen) atoms. The van der Waals surface area contributed by atoms with Crippen molar-refractivity contribution in [1.29, 1.82) is 0 Å². The van der Waals surface area contributed by atoms with E-state index in [4.69, 9.17) is 0 Å². The number of pyridine rings is 1. The van der Waals surface area contributed by atoms with E-state index in [1.807, 2.05) is 54.6 Å². The highest BCUT2D eigenvalue weighted by atomic mass is 16.5. The van der Waals surface area contributed by atoms with Crippen molar-refractivity contribution in [3.8, 4) is 11.3 Å². The first kappa shape index (κ1) is 18.1. The number of benzene rings is 3. The molecule has 4 aromatic rings. The van der Waals surface area contributed by atoms with Gasteiger partial charge in [-0.15, -0.1) is 0 Å². The Morgan fingerprint density at radius 1 is 0.800 bits per heavy atom. The number of anilines is 1. The number of rotatable bonds is 3. The molecule has 0 saturated carbocycles. The van der Waals surface area contributed by atoms with Crippen molar-refractivity contribution in [1.82, 2.24) is 0 Å². The highest BCUT2D eigenvalue weighted by Crippen LogP contribution is 2.36. The quantitative estimate of drug-likeness (QED) is 0.297. The van der Waals surface area contributed by atoms with Crippen LogP contribution < -0.4 is 9.63 Å². The first-order valence-electron chi connectivity index (χ1n) is 9.77. The van der Waals surface area contributed by atoms with Crippen molar-refractivity contribution in [2.75, 3.05) is 4.90 Å². The third kappa shape index (κ3) is 2.83. The number of fused-ring (bicyclic) bond motifs is 1. The van der Waals surface area contributed by atoms with Crippen molar-refractivity contribution in [3.63, 3.8) is 0 Å². The summed E-state index contributed by atoms with van der Waals surface area (Å²) in [6.45, 7) is 0. The maximum Gasteiger partial charge on any atom is 0.242 e. The number of carbonyl (C=O) groups is 2. The van der Waals surface area contributed by atoms with Gasteiger partial charge in [-0.3, -0.25) is 14.5 Å². The fourth-order valence-electron chi connectivity index (χ4n) is 4.13. The summed E-state index contributed by atoms with van der Waals surface area (Å²) in [5.41, 5.74) is 2.86. The molecule has 0 aliphatic carbocycles. The number of imide groups is 1. The van der Waals surface area contributed by atoms with Crippen molar-refractivity contribution in [2.24, 2.45) is 0 Å². The standard InChI is InChI=1S/C25H18N2O3/c28-23-16-21(25(29)26(23)19-11-5-2-6-12-19)20-13-7-10-18-14-15-22(27(30)24(18)20)17-8-3-1-4-9-17/h1-15,21H,16H2. The number of hydrogen-bond donors (Lipinski definition) is 0. The lowest BCUT2D eigenvalue weighted by molar-refractivity contribution is -0.565. The Morgan fingerprint density at radius 3 is 2.23 bits per heavy atom. The minimum atomic E-state index is -0.687. The maximum atomic E-state index is 13.4. The lowest BCUT2D eigenvalue weighted by Crippen LogP contribution is -2.33.